The van der Waals surface area contributed by atoms with E-state index in [1.807, 2.05) is 6.92 Å². The van der Waals surface area contributed by atoms with Crippen LogP contribution < -0.4 is 14.8 Å². The minimum atomic E-state index is -3.86. The number of para-hydroxylation sites is 1. The first-order chi connectivity index (χ1) is 18.1. The second-order valence-electron chi connectivity index (χ2n) is 10.0. The molecule has 2 aliphatic rings. The Kier molecular flexibility index (Phi) is 8.29. The van der Waals surface area contributed by atoms with Crippen LogP contribution in [0.3, 0.4) is 0 Å². The lowest BCUT2D eigenvalue weighted by Gasteiger charge is -2.38. The zero-order valence-corrected chi connectivity index (χ0v) is 22.9. The van der Waals surface area contributed by atoms with E-state index in [4.69, 9.17) is 9.47 Å². The Morgan fingerprint density at radius 3 is 2.53 bits per heavy atom. The summed E-state index contributed by atoms with van der Waals surface area (Å²) in [5.41, 5.74) is 0.612. The molecule has 11 heteroatoms. The van der Waals surface area contributed by atoms with E-state index in [0.717, 1.165) is 12.8 Å². The van der Waals surface area contributed by atoms with Crippen LogP contribution in [0.4, 0.5) is 5.69 Å². The number of carbonyl (C=O) groups excluding carboxylic acids is 2. The molecule has 1 aliphatic heterocycles. The van der Waals surface area contributed by atoms with E-state index >= 15 is 0 Å². The number of methoxy groups -OCH3 is 1. The van der Waals surface area contributed by atoms with E-state index < -0.39 is 22.2 Å². The number of hydrogen-bond donors (Lipinski definition) is 2. The van der Waals surface area contributed by atoms with Crippen molar-refractivity contribution in [3.63, 3.8) is 0 Å². The first-order valence-corrected chi connectivity index (χ1v) is 14.1. The van der Waals surface area contributed by atoms with Gasteiger partial charge in [0.05, 0.1) is 42.4 Å². The Hall–Kier alpha value is -3.15. The van der Waals surface area contributed by atoms with Gasteiger partial charge in [-0.1, -0.05) is 13.0 Å². The van der Waals surface area contributed by atoms with Gasteiger partial charge >= 0.3 is 0 Å². The Morgan fingerprint density at radius 2 is 1.92 bits per heavy atom. The van der Waals surface area contributed by atoms with Crippen LogP contribution in [-0.2, 0) is 14.8 Å². The first kappa shape index (κ1) is 27.9. The van der Waals surface area contributed by atoms with Crippen LogP contribution in [0.5, 0.6) is 11.5 Å². The number of amides is 2. The molecule has 2 N–H and O–H groups in total. The van der Waals surface area contributed by atoms with Gasteiger partial charge in [-0.3, -0.25) is 9.59 Å². The van der Waals surface area contributed by atoms with Gasteiger partial charge in [0.15, 0.2) is 5.75 Å². The number of anilines is 1. The molecule has 38 heavy (non-hydrogen) atoms. The number of likely N-dealkylation sites (N-methyl/N-ethyl adjacent to an activating group) is 1. The molecule has 3 atom stereocenters. The number of aliphatic hydroxyl groups is 1. The second kappa shape index (κ2) is 11.3. The van der Waals surface area contributed by atoms with E-state index in [9.17, 15) is 23.1 Å². The molecule has 2 amide bonds. The van der Waals surface area contributed by atoms with Gasteiger partial charge in [-0.15, -0.1) is 0 Å². The normalized spacial score (nSPS) is 20.7. The molecule has 0 radical (unpaired) electrons. The van der Waals surface area contributed by atoms with Crippen molar-refractivity contribution in [1.29, 1.82) is 0 Å². The molecule has 0 aromatic heterocycles. The largest absolute Gasteiger partial charge is 0.497 e. The monoisotopic (exact) mass is 545 g/mol. The molecule has 2 aromatic rings. The lowest BCUT2D eigenvalue weighted by molar-refractivity contribution is -0.117. The van der Waals surface area contributed by atoms with Crippen LogP contribution in [0.25, 0.3) is 0 Å². The van der Waals surface area contributed by atoms with Gasteiger partial charge in [0, 0.05) is 25.4 Å². The molecule has 206 valence electrons. The van der Waals surface area contributed by atoms with Gasteiger partial charge in [-0.2, -0.15) is 4.31 Å². The zero-order valence-electron chi connectivity index (χ0n) is 22.1. The van der Waals surface area contributed by atoms with Gasteiger partial charge < -0.3 is 24.8 Å². The highest BCUT2D eigenvalue weighted by molar-refractivity contribution is 7.89. The summed E-state index contributed by atoms with van der Waals surface area (Å²) >= 11 is 0. The fourth-order valence-electron chi connectivity index (χ4n) is 4.42. The van der Waals surface area contributed by atoms with E-state index in [1.54, 1.807) is 42.2 Å². The molecular formula is C27H35N3O7S. The maximum absolute atomic E-state index is 13.6. The van der Waals surface area contributed by atoms with E-state index in [1.165, 1.54) is 30.6 Å². The summed E-state index contributed by atoms with van der Waals surface area (Å²) in [5.74, 6) is -0.0788. The van der Waals surface area contributed by atoms with Gasteiger partial charge in [0.1, 0.15) is 11.9 Å². The summed E-state index contributed by atoms with van der Waals surface area (Å²) in [7, 11) is -0.866. The third-order valence-corrected chi connectivity index (χ3v) is 8.94. The summed E-state index contributed by atoms with van der Waals surface area (Å²) in [5, 5.41) is 12.7. The maximum atomic E-state index is 13.6. The van der Waals surface area contributed by atoms with E-state index in [0.29, 0.717) is 11.4 Å². The molecule has 1 saturated carbocycles. The van der Waals surface area contributed by atoms with Gasteiger partial charge in [-0.05, 0) is 56.2 Å². The number of sulfonamides is 1. The lowest BCUT2D eigenvalue weighted by Crippen LogP contribution is -2.50. The lowest BCUT2D eigenvalue weighted by atomic mass is 9.99. The summed E-state index contributed by atoms with van der Waals surface area (Å²) in [6.45, 7) is 3.64. The number of nitrogens with zero attached hydrogens (tertiary/aromatic N) is 2. The molecule has 0 spiro atoms. The van der Waals surface area contributed by atoms with Crippen molar-refractivity contribution in [3.05, 3.63) is 48.0 Å². The Labute approximate surface area is 223 Å². The maximum Gasteiger partial charge on any atom is 0.258 e. The Bertz CT molecular complexity index is 1280. The van der Waals surface area contributed by atoms with Gasteiger partial charge in [0.2, 0.25) is 15.9 Å². The molecule has 0 saturated heterocycles. The number of fused-ring (bicyclic) bond motifs is 1. The van der Waals surface area contributed by atoms with Crippen LogP contribution in [0.15, 0.2) is 47.4 Å². The van der Waals surface area contributed by atoms with Crippen molar-refractivity contribution < 1.29 is 32.6 Å². The fraction of sp³-hybridized carbons (Fsp3) is 0.481. The SMILES string of the molecule is COc1ccc(S(=O)(=O)N(C)C[C@H]2Oc3c(NC(=O)C4CC4)cccc3C(=O)N([C@@H](C)CO)C[C@H]2C)cc1. The Morgan fingerprint density at radius 1 is 1.24 bits per heavy atom. The van der Waals surface area contributed by atoms with Crippen molar-refractivity contribution in [3.8, 4) is 11.5 Å². The van der Waals surface area contributed by atoms with Crippen LogP contribution in [-0.4, -0.2) is 80.5 Å². The average molecular weight is 546 g/mol. The number of carbonyl (C=O) groups is 2. The molecule has 1 heterocycles. The van der Waals surface area contributed by atoms with Gasteiger partial charge in [-0.25, -0.2) is 8.42 Å². The molecule has 0 unspecified atom stereocenters. The van der Waals surface area contributed by atoms with Crippen molar-refractivity contribution in [2.45, 2.75) is 43.7 Å². The van der Waals surface area contributed by atoms with Crippen molar-refractivity contribution in [2.24, 2.45) is 11.8 Å². The molecule has 0 bridgehead atoms. The summed E-state index contributed by atoms with van der Waals surface area (Å²) < 4.78 is 39.5. The molecular weight excluding hydrogens is 510 g/mol. The zero-order chi connectivity index (χ0) is 27.6. The van der Waals surface area contributed by atoms with Crippen LogP contribution in [0.2, 0.25) is 0 Å². The highest BCUT2D eigenvalue weighted by atomic mass is 32.2. The molecule has 2 aromatic carbocycles. The molecule has 10 nitrogen and oxygen atoms in total. The number of rotatable bonds is 9. The topological polar surface area (TPSA) is 125 Å². The minimum Gasteiger partial charge on any atom is -0.497 e. The van der Waals surface area contributed by atoms with Crippen molar-refractivity contribution >= 4 is 27.5 Å². The average Bonchev–Trinajstić information content (AvgIpc) is 3.76. The minimum absolute atomic E-state index is 0.00455. The van der Waals surface area contributed by atoms with Crippen LogP contribution >= 0.6 is 0 Å². The third kappa shape index (κ3) is 5.79. The number of benzene rings is 2. The highest BCUT2D eigenvalue weighted by Gasteiger charge is 2.37. The predicted molar refractivity (Wildman–Crippen MR) is 142 cm³/mol. The number of ether oxygens (including phenoxy) is 2. The molecule has 1 aliphatic carbocycles. The van der Waals surface area contributed by atoms with Crippen molar-refractivity contribution in [2.75, 3.05) is 39.2 Å². The highest BCUT2D eigenvalue weighted by Crippen LogP contribution is 2.37. The number of aliphatic hydroxyl groups excluding tert-OH is 1. The van der Waals surface area contributed by atoms with Crippen LogP contribution in [0.1, 0.15) is 37.0 Å². The second-order valence-corrected chi connectivity index (χ2v) is 12.1. The first-order valence-electron chi connectivity index (χ1n) is 12.7. The molecule has 1 fully saturated rings. The predicted octanol–water partition coefficient (Wildman–Crippen LogP) is 2.58. The number of hydrogen-bond acceptors (Lipinski definition) is 7. The smallest absolute Gasteiger partial charge is 0.258 e. The van der Waals surface area contributed by atoms with Crippen molar-refractivity contribution in [1.82, 2.24) is 9.21 Å². The summed E-state index contributed by atoms with van der Waals surface area (Å²) in [6.07, 6.45) is 0.971. The van der Waals surface area contributed by atoms with E-state index in [2.05, 4.69) is 5.32 Å². The summed E-state index contributed by atoms with van der Waals surface area (Å²) in [4.78, 5) is 27.8. The van der Waals surface area contributed by atoms with Gasteiger partial charge in [0.25, 0.3) is 5.91 Å². The number of nitrogens with one attached hydrogen (secondary N) is 1. The quantitative estimate of drug-likeness (QED) is 0.496. The standard InChI is InChI=1S/C27H35N3O7S/c1-17-14-30(18(2)16-31)27(33)22-6-5-7-23(28-26(32)19-8-9-19)25(22)37-24(17)15-29(3)38(34,35)21-12-10-20(36-4)11-13-21/h5-7,10-13,17-19,24,31H,8-9,14-16H2,1-4H3,(H,28,32)/t17-,18+,24-/m1/s1. The fourth-order valence-corrected chi connectivity index (χ4v) is 5.60. The molecule has 4 rings (SSSR count). The van der Waals surface area contributed by atoms with Crippen LogP contribution in [0, 0.1) is 11.8 Å². The third-order valence-electron chi connectivity index (χ3n) is 7.10. The Balaban J connectivity index is 1.68. The van der Waals surface area contributed by atoms with E-state index in [-0.39, 0.29) is 59.6 Å². The summed E-state index contributed by atoms with van der Waals surface area (Å²) in [6, 6.07) is 10.6.